The Bertz CT molecular complexity index is 946. The zero-order valence-electron chi connectivity index (χ0n) is 14.8. The maximum absolute atomic E-state index is 13.3. The second kappa shape index (κ2) is 8.71. The maximum atomic E-state index is 13.3. The van der Waals surface area contributed by atoms with E-state index in [0.29, 0.717) is 19.0 Å². The number of nitrogens with one attached hydrogen (secondary N) is 1. The van der Waals surface area contributed by atoms with E-state index in [1.165, 1.54) is 24.3 Å². The van der Waals surface area contributed by atoms with Crippen LogP contribution in [0, 0.1) is 0 Å². The van der Waals surface area contributed by atoms with Crippen molar-refractivity contribution in [2.75, 3.05) is 19.8 Å². The van der Waals surface area contributed by atoms with Crippen molar-refractivity contribution in [3.05, 3.63) is 51.9 Å². The summed E-state index contributed by atoms with van der Waals surface area (Å²) in [6.07, 6.45) is -5.08. The number of H-pyrrole nitrogens is 1. The third-order valence-electron chi connectivity index (χ3n) is 4.08. The molecular formula is C18H16F3IN2O5. The van der Waals surface area contributed by atoms with E-state index < -0.39 is 28.9 Å². The monoisotopic (exact) mass is 524 g/mol. The van der Waals surface area contributed by atoms with E-state index in [9.17, 15) is 22.8 Å². The average molecular weight is 524 g/mol. The molecule has 0 saturated carbocycles. The molecule has 1 saturated heterocycles. The standard InChI is InChI=1S/C18H16F3IN2O5/c19-18(20,21)15-12(5-13(16(23)25)17(26)24-15)9-1-3-10(4-2-9)28-7-11-6-27-8-14(22)29-11/h1-5,11,14H,6-8H2,(H2,23,25)(H,24,26)/t11-,14+/m1/s1. The summed E-state index contributed by atoms with van der Waals surface area (Å²) in [5.41, 5.74) is 1.83. The van der Waals surface area contributed by atoms with Gasteiger partial charge in [-0.15, -0.1) is 0 Å². The molecule has 2 atom stereocenters. The number of ether oxygens (including phenoxy) is 3. The highest BCUT2D eigenvalue weighted by atomic mass is 127. The highest BCUT2D eigenvalue weighted by molar-refractivity contribution is 14.1. The number of nitrogens with two attached hydrogens (primary N) is 1. The third kappa shape index (κ3) is 5.28. The molecule has 0 unspecified atom stereocenters. The average Bonchev–Trinajstić information content (AvgIpc) is 2.66. The molecule has 2 heterocycles. The lowest BCUT2D eigenvalue weighted by Gasteiger charge is -2.26. The number of hydrogen-bond donors (Lipinski definition) is 2. The number of aromatic nitrogens is 1. The zero-order chi connectivity index (χ0) is 21.2. The lowest BCUT2D eigenvalue weighted by Crippen LogP contribution is -2.36. The van der Waals surface area contributed by atoms with Gasteiger partial charge in [0.15, 0.2) is 0 Å². The van der Waals surface area contributed by atoms with Gasteiger partial charge in [-0.2, -0.15) is 13.2 Å². The molecule has 1 aliphatic rings. The van der Waals surface area contributed by atoms with Gasteiger partial charge in [0.2, 0.25) is 0 Å². The quantitative estimate of drug-likeness (QED) is 0.463. The van der Waals surface area contributed by atoms with E-state index in [1.54, 1.807) is 4.98 Å². The van der Waals surface area contributed by atoms with Crippen molar-refractivity contribution in [1.82, 2.24) is 4.98 Å². The fourth-order valence-electron chi connectivity index (χ4n) is 2.75. The number of hydrogen-bond acceptors (Lipinski definition) is 5. The van der Waals surface area contributed by atoms with Crippen molar-refractivity contribution >= 4 is 28.5 Å². The highest BCUT2D eigenvalue weighted by Gasteiger charge is 2.36. The first kappa shape index (κ1) is 21.6. The van der Waals surface area contributed by atoms with Crippen LogP contribution in [0.3, 0.4) is 0 Å². The largest absolute Gasteiger partial charge is 0.491 e. The van der Waals surface area contributed by atoms with Crippen molar-refractivity contribution < 1.29 is 32.2 Å². The molecule has 0 aliphatic carbocycles. The van der Waals surface area contributed by atoms with Gasteiger partial charge < -0.3 is 24.9 Å². The SMILES string of the molecule is NC(=O)c1cc(-c2ccc(OC[C@H]3COC[C@@H](I)O3)cc2)c(C(F)(F)F)[nH]c1=O. The Balaban J connectivity index is 1.84. The van der Waals surface area contributed by atoms with Gasteiger partial charge in [-0.1, -0.05) is 12.1 Å². The summed E-state index contributed by atoms with van der Waals surface area (Å²) in [5.74, 6) is -0.703. The number of rotatable bonds is 5. The summed E-state index contributed by atoms with van der Waals surface area (Å²) in [4.78, 5) is 24.8. The number of halogens is 4. The Morgan fingerprint density at radius 3 is 2.55 bits per heavy atom. The lowest BCUT2D eigenvalue weighted by atomic mass is 10.0. The van der Waals surface area contributed by atoms with Crippen LogP contribution in [0.2, 0.25) is 0 Å². The van der Waals surface area contributed by atoms with E-state index in [0.717, 1.165) is 6.07 Å². The summed E-state index contributed by atoms with van der Waals surface area (Å²) in [6, 6.07) is 6.59. The maximum Gasteiger partial charge on any atom is 0.431 e. The molecule has 11 heteroatoms. The Hall–Kier alpha value is -2.12. The molecule has 2 aromatic rings. The number of alkyl halides is 4. The predicted octanol–water partition coefficient (Wildman–Crippen LogP) is 2.71. The van der Waals surface area contributed by atoms with Crippen LogP contribution >= 0.6 is 22.6 Å². The molecule has 1 aromatic heterocycles. The second-order valence-corrected chi connectivity index (χ2v) is 7.59. The van der Waals surface area contributed by atoms with E-state index in [-0.39, 0.29) is 27.9 Å². The molecule has 0 radical (unpaired) electrons. The number of pyridine rings is 1. The van der Waals surface area contributed by atoms with Gasteiger partial charge in [0, 0.05) is 5.56 Å². The number of amides is 1. The number of aromatic amines is 1. The van der Waals surface area contributed by atoms with Gasteiger partial charge in [-0.25, -0.2) is 0 Å². The summed E-state index contributed by atoms with van der Waals surface area (Å²) >= 11 is 2.10. The second-order valence-electron chi connectivity index (χ2n) is 6.20. The number of carbonyl (C=O) groups excluding carboxylic acids is 1. The van der Waals surface area contributed by atoms with Gasteiger partial charge in [0.05, 0.1) is 13.2 Å². The molecule has 0 spiro atoms. The Labute approximate surface area is 176 Å². The summed E-state index contributed by atoms with van der Waals surface area (Å²) < 4.78 is 56.6. The third-order valence-corrected chi connectivity index (χ3v) is 4.74. The molecule has 1 fully saturated rings. The van der Waals surface area contributed by atoms with Crippen molar-refractivity contribution in [2.24, 2.45) is 5.73 Å². The summed E-state index contributed by atoms with van der Waals surface area (Å²) in [6.45, 7) is 1.11. The molecule has 29 heavy (non-hydrogen) atoms. The fourth-order valence-corrected chi connectivity index (χ4v) is 3.42. The molecule has 3 N–H and O–H groups in total. The first-order valence-electron chi connectivity index (χ1n) is 8.40. The van der Waals surface area contributed by atoms with Gasteiger partial charge >= 0.3 is 6.18 Å². The fraction of sp³-hybridized carbons (Fsp3) is 0.333. The van der Waals surface area contributed by atoms with Crippen LogP contribution in [0.5, 0.6) is 5.75 Å². The normalized spacial score (nSPS) is 19.7. The van der Waals surface area contributed by atoms with Crippen LogP contribution < -0.4 is 16.0 Å². The van der Waals surface area contributed by atoms with E-state index >= 15 is 0 Å². The van der Waals surface area contributed by atoms with Crippen LogP contribution in [-0.2, 0) is 15.7 Å². The Morgan fingerprint density at radius 1 is 1.28 bits per heavy atom. The van der Waals surface area contributed by atoms with Crippen LogP contribution in [0.15, 0.2) is 35.1 Å². The van der Waals surface area contributed by atoms with Crippen LogP contribution in [0.25, 0.3) is 11.1 Å². The number of carbonyl (C=O) groups is 1. The van der Waals surface area contributed by atoms with Crippen LogP contribution in [0.1, 0.15) is 16.1 Å². The molecule has 1 aliphatic heterocycles. The number of benzene rings is 1. The van der Waals surface area contributed by atoms with E-state index in [2.05, 4.69) is 22.6 Å². The van der Waals surface area contributed by atoms with E-state index in [4.69, 9.17) is 19.9 Å². The minimum absolute atomic E-state index is 0.0715. The molecule has 0 bridgehead atoms. The van der Waals surface area contributed by atoms with Crippen LogP contribution in [0.4, 0.5) is 13.2 Å². The van der Waals surface area contributed by atoms with Gasteiger partial charge in [-0.3, -0.25) is 9.59 Å². The first-order valence-corrected chi connectivity index (χ1v) is 9.64. The van der Waals surface area contributed by atoms with Crippen molar-refractivity contribution in [2.45, 2.75) is 16.4 Å². The molecular weight excluding hydrogens is 508 g/mol. The van der Waals surface area contributed by atoms with Crippen molar-refractivity contribution in [3.63, 3.8) is 0 Å². The van der Waals surface area contributed by atoms with Crippen molar-refractivity contribution in [3.8, 4) is 16.9 Å². The predicted molar refractivity (Wildman–Crippen MR) is 105 cm³/mol. The minimum Gasteiger partial charge on any atom is -0.491 e. The van der Waals surface area contributed by atoms with Crippen LogP contribution in [-0.4, -0.2) is 40.9 Å². The molecule has 7 nitrogen and oxygen atoms in total. The molecule has 156 valence electrons. The lowest BCUT2D eigenvalue weighted by molar-refractivity contribution is -0.140. The summed E-state index contributed by atoms with van der Waals surface area (Å²) in [5, 5.41) is 0. The topological polar surface area (TPSA) is 104 Å². The van der Waals surface area contributed by atoms with Gasteiger partial charge in [0.25, 0.3) is 11.5 Å². The van der Waals surface area contributed by atoms with Gasteiger partial charge in [0.1, 0.15) is 33.8 Å². The number of primary amides is 1. The van der Waals surface area contributed by atoms with Gasteiger partial charge in [-0.05, 0) is 46.4 Å². The Morgan fingerprint density at radius 2 is 1.97 bits per heavy atom. The molecule has 1 amide bonds. The zero-order valence-corrected chi connectivity index (χ0v) is 17.0. The minimum atomic E-state index is -4.83. The Kier molecular flexibility index (Phi) is 6.49. The molecule has 3 rings (SSSR count). The molecule has 1 aromatic carbocycles. The van der Waals surface area contributed by atoms with Crippen molar-refractivity contribution in [1.29, 1.82) is 0 Å². The van der Waals surface area contributed by atoms with E-state index in [1.807, 2.05) is 0 Å². The highest BCUT2D eigenvalue weighted by Crippen LogP contribution is 2.35. The first-order chi connectivity index (χ1) is 13.6. The smallest absolute Gasteiger partial charge is 0.431 e. The summed E-state index contributed by atoms with van der Waals surface area (Å²) in [7, 11) is 0.